The Morgan fingerprint density at radius 2 is 1.97 bits per heavy atom. The van der Waals surface area contributed by atoms with Crippen LogP contribution in [0.1, 0.15) is 60.3 Å². The number of anilines is 1. The van der Waals surface area contributed by atoms with Crippen LogP contribution in [-0.2, 0) is 16.6 Å². The third-order valence-electron chi connectivity index (χ3n) is 7.98. The van der Waals surface area contributed by atoms with Crippen LogP contribution in [0.15, 0.2) is 29.3 Å². The van der Waals surface area contributed by atoms with Gasteiger partial charge < -0.3 is 20.8 Å². The molecule has 3 heterocycles. The molecule has 6 N–H and O–H groups in total. The zero-order valence-electron chi connectivity index (χ0n) is 21.1. The summed E-state index contributed by atoms with van der Waals surface area (Å²) >= 11 is 0. The van der Waals surface area contributed by atoms with Crippen molar-refractivity contribution in [2.24, 2.45) is 5.92 Å². The number of benzene rings is 1. The Hall–Kier alpha value is -3.10. The summed E-state index contributed by atoms with van der Waals surface area (Å²) in [5.74, 6) is 0.275. The molecule has 0 saturated heterocycles. The average molecular weight is 542 g/mol. The van der Waals surface area contributed by atoms with Crippen LogP contribution in [0.25, 0.3) is 16.9 Å². The second kappa shape index (κ2) is 8.99. The number of rotatable bonds is 8. The highest BCUT2D eigenvalue weighted by atomic mass is 32.2. The molecule has 3 aromatic rings. The second-order valence-corrected chi connectivity index (χ2v) is 12.4. The molecule has 13 heteroatoms. The average Bonchev–Trinajstić information content (AvgIpc) is 3.59. The molecule has 2 aliphatic carbocycles. The van der Waals surface area contributed by atoms with Crippen molar-refractivity contribution >= 4 is 27.4 Å². The highest BCUT2D eigenvalue weighted by Crippen LogP contribution is 2.40. The SMILES string of the molecule is CNS(=O)(=O)c1cc(-c2ccn3nc(N)c(C(O)NC4CC(O)C4)c3n2)cc2c1C(=O)N([C@@H](C)C1CC1)C2. The lowest BCUT2D eigenvalue weighted by Gasteiger charge is -2.33. The van der Waals surface area contributed by atoms with E-state index in [9.17, 15) is 23.4 Å². The first-order valence-corrected chi connectivity index (χ1v) is 14.2. The molecule has 1 aromatic carbocycles. The molecule has 1 unspecified atom stereocenters. The number of nitrogens with zero attached hydrogens (tertiary/aromatic N) is 4. The minimum atomic E-state index is -3.95. The number of aromatic nitrogens is 3. The molecule has 202 valence electrons. The lowest BCUT2D eigenvalue weighted by atomic mass is 9.89. The number of amides is 1. The van der Waals surface area contributed by atoms with Gasteiger partial charge in [0.15, 0.2) is 11.5 Å². The molecule has 2 saturated carbocycles. The lowest BCUT2D eigenvalue weighted by molar-refractivity contribution is 0.0274. The van der Waals surface area contributed by atoms with Crippen LogP contribution < -0.4 is 15.8 Å². The number of hydrogen-bond donors (Lipinski definition) is 5. The van der Waals surface area contributed by atoms with Gasteiger partial charge >= 0.3 is 0 Å². The van der Waals surface area contributed by atoms with Crippen molar-refractivity contribution in [2.75, 3.05) is 12.8 Å². The molecular formula is C25H31N7O5S. The molecule has 1 amide bonds. The molecule has 38 heavy (non-hydrogen) atoms. The molecule has 2 aromatic heterocycles. The van der Waals surface area contributed by atoms with E-state index in [0.717, 1.165) is 12.8 Å². The zero-order valence-corrected chi connectivity index (χ0v) is 21.9. The summed E-state index contributed by atoms with van der Waals surface area (Å²) in [5, 5.41) is 27.7. The van der Waals surface area contributed by atoms with Gasteiger partial charge in [-0.25, -0.2) is 22.6 Å². The third-order valence-corrected chi connectivity index (χ3v) is 9.42. The van der Waals surface area contributed by atoms with Gasteiger partial charge in [0, 0.05) is 30.4 Å². The lowest BCUT2D eigenvalue weighted by Crippen LogP contribution is -2.45. The molecule has 0 spiro atoms. The quantitative estimate of drug-likeness (QED) is 0.258. The molecule has 12 nitrogen and oxygen atoms in total. The van der Waals surface area contributed by atoms with Gasteiger partial charge in [0.2, 0.25) is 10.0 Å². The van der Waals surface area contributed by atoms with Crippen molar-refractivity contribution in [2.45, 2.75) is 68.5 Å². The summed E-state index contributed by atoms with van der Waals surface area (Å²) < 4.78 is 29.9. The van der Waals surface area contributed by atoms with E-state index in [2.05, 4.69) is 15.1 Å². The first-order chi connectivity index (χ1) is 18.1. The minimum absolute atomic E-state index is 0.0288. The summed E-state index contributed by atoms with van der Waals surface area (Å²) in [6, 6.07) is 4.94. The number of nitrogens with one attached hydrogen (secondary N) is 2. The molecule has 1 aliphatic heterocycles. The number of aliphatic hydroxyl groups is 2. The number of hydrogen-bond acceptors (Lipinski definition) is 9. The smallest absolute Gasteiger partial charge is 0.256 e. The Labute approximate surface area is 219 Å². The van der Waals surface area contributed by atoms with Gasteiger partial charge in [-0.3, -0.25) is 10.1 Å². The molecule has 2 fully saturated rings. The number of sulfonamides is 1. The maximum atomic E-state index is 13.4. The van der Waals surface area contributed by atoms with Gasteiger partial charge in [0.25, 0.3) is 5.91 Å². The van der Waals surface area contributed by atoms with E-state index < -0.39 is 16.3 Å². The van der Waals surface area contributed by atoms with E-state index in [1.54, 1.807) is 17.2 Å². The van der Waals surface area contributed by atoms with Gasteiger partial charge in [-0.05, 0) is 69.3 Å². The normalized spacial score (nSPS) is 22.9. The van der Waals surface area contributed by atoms with E-state index in [1.165, 1.54) is 17.6 Å². The van der Waals surface area contributed by atoms with Crippen LogP contribution in [0.2, 0.25) is 0 Å². The van der Waals surface area contributed by atoms with Gasteiger partial charge in [-0.2, -0.15) is 0 Å². The van der Waals surface area contributed by atoms with Crippen molar-refractivity contribution in [3.8, 4) is 11.3 Å². The van der Waals surface area contributed by atoms with Gasteiger partial charge in [0.1, 0.15) is 6.23 Å². The molecular weight excluding hydrogens is 510 g/mol. The summed E-state index contributed by atoms with van der Waals surface area (Å²) in [5.41, 5.74) is 8.53. The zero-order chi connectivity index (χ0) is 26.9. The van der Waals surface area contributed by atoms with Crippen molar-refractivity contribution in [3.05, 3.63) is 41.1 Å². The number of nitrogen functional groups attached to an aromatic ring is 1. The van der Waals surface area contributed by atoms with Crippen molar-refractivity contribution < 1.29 is 23.4 Å². The third kappa shape index (κ3) is 4.14. The van der Waals surface area contributed by atoms with Crippen molar-refractivity contribution in [1.82, 2.24) is 29.5 Å². The number of aliphatic hydroxyl groups excluding tert-OH is 2. The van der Waals surface area contributed by atoms with Gasteiger partial charge in [-0.15, -0.1) is 5.10 Å². The first kappa shape index (κ1) is 25.2. The summed E-state index contributed by atoms with van der Waals surface area (Å²) in [4.78, 5) is 19.8. The Bertz CT molecular complexity index is 1550. The molecule has 6 rings (SSSR count). The predicted molar refractivity (Wildman–Crippen MR) is 138 cm³/mol. The summed E-state index contributed by atoms with van der Waals surface area (Å²) in [6.07, 6.45) is 3.30. The Morgan fingerprint density at radius 3 is 2.63 bits per heavy atom. The predicted octanol–water partition coefficient (Wildman–Crippen LogP) is 0.745. The summed E-state index contributed by atoms with van der Waals surface area (Å²) in [7, 11) is -2.63. The fraction of sp³-hybridized carbons (Fsp3) is 0.480. The van der Waals surface area contributed by atoms with E-state index in [-0.39, 0.29) is 40.4 Å². The van der Waals surface area contributed by atoms with Crippen LogP contribution in [0.3, 0.4) is 0 Å². The summed E-state index contributed by atoms with van der Waals surface area (Å²) in [6.45, 7) is 2.34. The number of carbonyl (C=O) groups is 1. The van der Waals surface area contributed by atoms with E-state index in [1.807, 2.05) is 13.0 Å². The van der Waals surface area contributed by atoms with Crippen LogP contribution in [0.5, 0.6) is 0 Å². The highest BCUT2D eigenvalue weighted by molar-refractivity contribution is 7.89. The van der Waals surface area contributed by atoms with Gasteiger partial charge in [-0.1, -0.05) is 0 Å². The minimum Gasteiger partial charge on any atom is -0.393 e. The Morgan fingerprint density at radius 1 is 1.24 bits per heavy atom. The van der Waals surface area contributed by atoms with Crippen LogP contribution in [-0.4, -0.2) is 69.3 Å². The van der Waals surface area contributed by atoms with Crippen LogP contribution >= 0.6 is 0 Å². The largest absolute Gasteiger partial charge is 0.393 e. The van der Waals surface area contributed by atoms with Crippen LogP contribution in [0.4, 0.5) is 5.82 Å². The standard InChI is InChI=1S/C25H31N7O5S/c1-12(13-3-4-13)31-11-15-7-14(8-19(20(15)25(31)35)38(36,37)27-2)18-5-6-32-23(29-18)21(22(26)30-32)24(34)28-16-9-17(33)10-16/h5-8,12-13,16-17,24,27-28,33-34H,3-4,9-11H2,1-2H3,(H2,26,30)/t12-,16?,17?,24?/m0/s1. The molecule has 0 bridgehead atoms. The maximum absolute atomic E-state index is 13.4. The topological polar surface area (TPSA) is 175 Å². The monoisotopic (exact) mass is 541 g/mol. The maximum Gasteiger partial charge on any atom is 0.256 e. The highest BCUT2D eigenvalue weighted by Gasteiger charge is 2.41. The molecule has 2 atom stereocenters. The number of fused-ring (bicyclic) bond motifs is 2. The number of nitrogens with two attached hydrogens (primary N) is 1. The first-order valence-electron chi connectivity index (χ1n) is 12.8. The second-order valence-electron chi connectivity index (χ2n) is 10.5. The number of carbonyl (C=O) groups excluding carboxylic acids is 1. The fourth-order valence-corrected chi connectivity index (χ4v) is 6.48. The van der Waals surface area contributed by atoms with Crippen molar-refractivity contribution in [1.29, 1.82) is 0 Å². The van der Waals surface area contributed by atoms with E-state index >= 15 is 0 Å². The van der Waals surface area contributed by atoms with E-state index in [4.69, 9.17) is 10.7 Å². The molecule has 0 radical (unpaired) electrons. The Kier molecular flexibility index (Phi) is 5.96. The molecule has 3 aliphatic rings. The van der Waals surface area contributed by atoms with Crippen LogP contribution in [0, 0.1) is 5.92 Å². The Balaban J connectivity index is 1.42. The van der Waals surface area contributed by atoms with Crippen molar-refractivity contribution in [3.63, 3.8) is 0 Å². The fourth-order valence-electron chi connectivity index (χ4n) is 5.49. The van der Waals surface area contributed by atoms with Gasteiger partial charge in [0.05, 0.1) is 27.8 Å². The van der Waals surface area contributed by atoms with E-state index in [0.29, 0.717) is 53.3 Å².